The van der Waals surface area contributed by atoms with Gasteiger partial charge in [-0.2, -0.15) is 0 Å². The number of ether oxygens (including phenoxy) is 3. The lowest BCUT2D eigenvalue weighted by molar-refractivity contribution is -0.167. The molecule has 0 heterocycles. The fourth-order valence-corrected chi connectivity index (χ4v) is 7.64. The van der Waals surface area contributed by atoms with Crippen molar-refractivity contribution in [1.29, 1.82) is 0 Å². The number of unbranched alkanes of at least 4 members (excludes halogenated alkanes) is 30. The van der Waals surface area contributed by atoms with Crippen molar-refractivity contribution < 1.29 is 28.6 Å². The number of rotatable bonds is 45. The predicted octanol–water partition coefficient (Wildman–Crippen LogP) is 16.1. The van der Waals surface area contributed by atoms with Crippen molar-refractivity contribution in [2.45, 2.75) is 285 Å². The number of esters is 3. The van der Waals surface area contributed by atoms with Gasteiger partial charge in [-0.15, -0.1) is 0 Å². The van der Waals surface area contributed by atoms with Gasteiger partial charge in [0.1, 0.15) is 13.2 Å². The Morgan fingerprint density at radius 1 is 0.333 bits per heavy atom. The number of carbonyl (C=O) groups is 3. The van der Waals surface area contributed by atoms with E-state index < -0.39 is 6.10 Å². The number of hydrogen-bond donors (Lipinski definition) is 0. The largest absolute Gasteiger partial charge is 0.462 e. The average Bonchev–Trinajstić information content (AvgIpc) is 3.18. The fourth-order valence-electron chi connectivity index (χ4n) is 7.64. The molecular weight excluding hydrogens is 709 g/mol. The molecule has 0 bridgehead atoms. The fraction of sp³-hybridized carbons (Fsp3) is 0.941. The van der Waals surface area contributed by atoms with Crippen LogP contribution >= 0.6 is 0 Å². The second kappa shape index (κ2) is 44.0. The van der Waals surface area contributed by atoms with E-state index in [2.05, 4.69) is 34.6 Å². The van der Waals surface area contributed by atoms with Crippen LogP contribution in [0, 0.1) is 11.8 Å². The van der Waals surface area contributed by atoms with Crippen LogP contribution in [-0.4, -0.2) is 37.2 Å². The molecule has 0 aliphatic carbocycles. The van der Waals surface area contributed by atoms with E-state index in [1.807, 2.05) is 0 Å². The van der Waals surface area contributed by atoms with Gasteiger partial charge < -0.3 is 14.2 Å². The Balaban J connectivity index is 4.32. The molecule has 0 amide bonds. The summed E-state index contributed by atoms with van der Waals surface area (Å²) in [6, 6.07) is 0. The average molecular weight is 807 g/mol. The van der Waals surface area contributed by atoms with E-state index >= 15 is 0 Å². The first-order valence-corrected chi connectivity index (χ1v) is 25.2. The monoisotopic (exact) mass is 807 g/mol. The quantitative estimate of drug-likeness (QED) is 0.0346. The molecule has 0 radical (unpaired) electrons. The standard InChI is InChI=1S/C51H98O6/c1-6-7-8-9-10-11-12-13-14-15-16-21-28-33-38-43-51(54)57-48(45-56-50(53)42-37-32-27-23-22-25-30-35-40-47(4)5)44-55-49(52)41-36-31-26-20-18-17-19-24-29-34-39-46(2)3/h46-48H,6-45H2,1-5H3/t48-/m1/s1. The number of hydrogen-bond acceptors (Lipinski definition) is 6. The minimum atomic E-state index is -0.761. The van der Waals surface area contributed by atoms with Crippen LogP contribution in [0.25, 0.3) is 0 Å². The van der Waals surface area contributed by atoms with Gasteiger partial charge in [-0.1, -0.05) is 240 Å². The van der Waals surface area contributed by atoms with Gasteiger partial charge in [-0.25, -0.2) is 0 Å². The first kappa shape index (κ1) is 55.4. The zero-order valence-electron chi connectivity index (χ0n) is 39.0. The first-order chi connectivity index (χ1) is 27.7. The molecule has 6 nitrogen and oxygen atoms in total. The molecule has 57 heavy (non-hydrogen) atoms. The molecule has 0 spiro atoms. The molecule has 0 aromatic rings. The maximum absolute atomic E-state index is 12.8. The molecule has 0 saturated carbocycles. The molecule has 0 aromatic carbocycles. The smallest absolute Gasteiger partial charge is 0.306 e. The Hall–Kier alpha value is -1.59. The summed E-state index contributed by atoms with van der Waals surface area (Å²) >= 11 is 0. The van der Waals surface area contributed by atoms with Crippen LogP contribution in [0.3, 0.4) is 0 Å². The zero-order chi connectivity index (χ0) is 41.9. The molecular formula is C51H98O6. The molecule has 0 rings (SSSR count). The summed E-state index contributed by atoms with van der Waals surface area (Å²) < 4.78 is 16.8. The number of carbonyl (C=O) groups excluding carboxylic acids is 3. The highest BCUT2D eigenvalue weighted by Gasteiger charge is 2.19. The molecule has 0 N–H and O–H groups in total. The lowest BCUT2D eigenvalue weighted by Crippen LogP contribution is -2.30. The maximum Gasteiger partial charge on any atom is 0.306 e. The third kappa shape index (κ3) is 45.3. The van der Waals surface area contributed by atoms with Gasteiger partial charge in [0, 0.05) is 19.3 Å². The lowest BCUT2D eigenvalue weighted by atomic mass is 10.0. The molecule has 6 heteroatoms. The van der Waals surface area contributed by atoms with Crippen LogP contribution < -0.4 is 0 Å². The highest BCUT2D eigenvalue weighted by molar-refractivity contribution is 5.71. The van der Waals surface area contributed by atoms with Crippen LogP contribution in [0.5, 0.6) is 0 Å². The molecule has 0 unspecified atom stereocenters. The van der Waals surface area contributed by atoms with Crippen LogP contribution in [0.1, 0.15) is 279 Å². The predicted molar refractivity (Wildman–Crippen MR) is 243 cm³/mol. The zero-order valence-corrected chi connectivity index (χ0v) is 39.0. The van der Waals surface area contributed by atoms with Gasteiger partial charge in [-0.3, -0.25) is 14.4 Å². The van der Waals surface area contributed by atoms with Crippen LogP contribution in [0.4, 0.5) is 0 Å². The summed E-state index contributed by atoms with van der Waals surface area (Å²) in [5.74, 6) is 0.763. The van der Waals surface area contributed by atoms with Crippen molar-refractivity contribution in [2.75, 3.05) is 13.2 Å². The van der Waals surface area contributed by atoms with E-state index in [9.17, 15) is 14.4 Å². The van der Waals surface area contributed by atoms with Crippen molar-refractivity contribution in [2.24, 2.45) is 11.8 Å². The molecule has 0 saturated heterocycles. The Labute approximate surface area is 355 Å². The third-order valence-corrected chi connectivity index (χ3v) is 11.5. The van der Waals surface area contributed by atoms with Gasteiger partial charge in [0.25, 0.3) is 0 Å². The van der Waals surface area contributed by atoms with Gasteiger partial charge >= 0.3 is 17.9 Å². The molecule has 1 atom stereocenters. The van der Waals surface area contributed by atoms with E-state index in [0.29, 0.717) is 19.3 Å². The van der Waals surface area contributed by atoms with Crippen molar-refractivity contribution in [1.82, 2.24) is 0 Å². The SMILES string of the molecule is CCCCCCCCCCCCCCCCCC(=O)O[C@H](COC(=O)CCCCCCCCCCCCC(C)C)COC(=O)CCCCCCCCCCC(C)C. The molecule has 0 aromatic heterocycles. The molecule has 0 aliphatic heterocycles. The summed E-state index contributed by atoms with van der Waals surface area (Å²) in [5, 5.41) is 0. The van der Waals surface area contributed by atoms with E-state index in [4.69, 9.17) is 14.2 Å². The van der Waals surface area contributed by atoms with E-state index in [1.165, 1.54) is 167 Å². The van der Waals surface area contributed by atoms with Crippen LogP contribution in [0.15, 0.2) is 0 Å². The summed E-state index contributed by atoms with van der Waals surface area (Å²) in [6.07, 6.45) is 43.8. The first-order valence-electron chi connectivity index (χ1n) is 25.2. The molecule has 338 valence electrons. The highest BCUT2D eigenvalue weighted by Crippen LogP contribution is 2.17. The Kier molecular flexibility index (Phi) is 42.7. The summed E-state index contributed by atoms with van der Waals surface area (Å²) in [6.45, 7) is 11.3. The second-order valence-corrected chi connectivity index (χ2v) is 18.4. The van der Waals surface area contributed by atoms with Gasteiger partial charge in [0.15, 0.2) is 6.10 Å². The van der Waals surface area contributed by atoms with Crippen molar-refractivity contribution in [3.05, 3.63) is 0 Å². The van der Waals surface area contributed by atoms with Crippen LogP contribution in [0.2, 0.25) is 0 Å². The Morgan fingerprint density at radius 2 is 0.579 bits per heavy atom. The third-order valence-electron chi connectivity index (χ3n) is 11.5. The summed E-state index contributed by atoms with van der Waals surface area (Å²) in [5.41, 5.74) is 0. The maximum atomic E-state index is 12.8. The minimum absolute atomic E-state index is 0.0644. The Bertz CT molecular complexity index is 870. The van der Waals surface area contributed by atoms with Gasteiger partial charge in [0.05, 0.1) is 0 Å². The van der Waals surface area contributed by atoms with E-state index in [-0.39, 0.29) is 31.1 Å². The Morgan fingerprint density at radius 3 is 0.860 bits per heavy atom. The van der Waals surface area contributed by atoms with Crippen molar-refractivity contribution in [3.8, 4) is 0 Å². The van der Waals surface area contributed by atoms with Crippen LogP contribution in [-0.2, 0) is 28.6 Å². The van der Waals surface area contributed by atoms with E-state index in [0.717, 1.165) is 69.6 Å². The summed E-state index contributed by atoms with van der Waals surface area (Å²) in [4.78, 5) is 37.9. The van der Waals surface area contributed by atoms with E-state index in [1.54, 1.807) is 0 Å². The minimum Gasteiger partial charge on any atom is -0.462 e. The molecule has 0 aliphatic rings. The lowest BCUT2D eigenvalue weighted by Gasteiger charge is -2.18. The van der Waals surface area contributed by atoms with Gasteiger partial charge in [-0.05, 0) is 31.1 Å². The molecule has 0 fully saturated rings. The normalized spacial score (nSPS) is 12.1. The second-order valence-electron chi connectivity index (χ2n) is 18.4. The highest BCUT2D eigenvalue weighted by atomic mass is 16.6. The van der Waals surface area contributed by atoms with Crippen molar-refractivity contribution >= 4 is 17.9 Å². The summed E-state index contributed by atoms with van der Waals surface area (Å²) in [7, 11) is 0. The van der Waals surface area contributed by atoms with Gasteiger partial charge in [0.2, 0.25) is 0 Å². The topological polar surface area (TPSA) is 78.9 Å². The van der Waals surface area contributed by atoms with Crippen molar-refractivity contribution in [3.63, 3.8) is 0 Å².